The molecule has 0 aliphatic carbocycles. The minimum Gasteiger partial charge on any atom is -0.359 e. The molecule has 0 fully saturated rings. The molecule has 3 N–H and O–H groups in total. The van der Waals surface area contributed by atoms with Crippen molar-refractivity contribution in [2.45, 2.75) is 6.42 Å². The quantitative estimate of drug-likeness (QED) is 0.476. The lowest BCUT2D eigenvalue weighted by molar-refractivity contribution is -0.120. The molecule has 5 heteroatoms. The second-order valence-electron chi connectivity index (χ2n) is 2.35. The van der Waals surface area contributed by atoms with Crippen molar-refractivity contribution in [1.82, 2.24) is 21.3 Å². The summed E-state index contributed by atoms with van der Waals surface area (Å²) >= 11 is 0. The molecule has 11 heavy (non-hydrogen) atoms. The third-order valence-electron chi connectivity index (χ3n) is 1.37. The lowest BCUT2D eigenvalue weighted by Crippen LogP contribution is -2.34. The van der Waals surface area contributed by atoms with Gasteiger partial charge in [0.15, 0.2) is 0 Å². The van der Waals surface area contributed by atoms with Crippen molar-refractivity contribution < 1.29 is 4.79 Å². The van der Waals surface area contributed by atoms with E-state index in [1.165, 1.54) is 0 Å². The maximum absolute atomic E-state index is 10.8. The maximum atomic E-state index is 10.8. The number of hydrogen-bond acceptors (Lipinski definition) is 4. The molecule has 1 heterocycles. The number of carbonyl (C=O) groups is 1. The monoisotopic (exact) mass is 156 g/mol. The van der Waals surface area contributed by atoms with Crippen LogP contribution >= 0.6 is 0 Å². The van der Waals surface area contributed by atoms with Gasteiger partial charge in [0.25, 0.3) is 0 Å². The van der Waals surface area contributed by atoms with Crippen molar-refractivity contribution in [1.29, 1.82) is 0 Å². The van der Waals surface area contributed by atoms with E-state index in [9.17, 15) is 4.79 Å². The van der Waals surface area contributed by atoms with Crippen LogP contribution in [0.1, 0.15) is 6.42 Å². The molecule has 0 aromatic carbocycles. The smallest absolute Gasteiger partial charge is 0.225 e. The Kier molecular flexibility index (Phi) is 2.32. The van der Waals surface area contributed by atoms with Crippen LogP contribution in [-0.4, -0.2) is 25.0 Å². The molecule has 5 nitrogen and oxygen atoms in total. The zero-order valence-electron chi connectivity index (χ0n) is 6.64. The van der Waals surface area contributed by atoms with Crippen LogP contribution in [0.2, 0.25) is 0 Å². The van der Waals surface area contributed by atoms with Gasteiger partial charge in [-0.25, -0.2) is 0 Å². The molecule has 0 unspecified atom stereocenters. The van der Waals surface area contributed by atoms with Gasteiger partial charge in [-0.3, -0.25) is 9.80 Å². The summed E-state index contributed by atoms with van der Waals surface area (Å²) in [4.78, 5) is 10.8. The summed E-state index contributed by atoms with van der Waals surface area (Å²) < 4.78 is 0. The standard InChI is InChI=1S/C6H12N4O/c1-7-6(11)3-5-4-10(2)9-8-5/h4,8-9H,3H2,1-2H3,(H,7,11). The topological polar surface area (TPSA) is 56.4 Å². The van der Waals surface area contributed by atoms with Gasteiger partial charge in [0, 0.05) is 20.3 Å². The van der Waals surface area contributed by atoms with Gasteiger partial charge in [-0.05, 0) is 0 Å². The molecule has 1 amide bonds. The highest BCUT2D eigenvalue weighted by Gasteiger charge is 2.09. The first-order valence-electron chi connectivity index (χ1n) is 3.38. The first kappa shape index (κ1) is 7.87. The molecule has 0 bridgehead atoms. The number of nitrogens with zero attached hydrogens (tertiary/aromatic N) is 1. The number of amides is 1. The fourth-order valence-electron chi connectivity index (χ4n) is 0.809. The van der Waals surface area contributed by atoms with Crippen LogP contribution in [0.5, 0.6) is 0 Å². The van der Waals surface area contributed by atoms with E-state index < -0.39 is 0 Å². The SMILES string of the molecule is CNC(=O)CC1=CN(C)NN1. The predicted molar refractivity (Wildman–Crippen MR) is 40.8 cm³/mol. The first-order valence-corrected chi connectivity index (χ1v) is 3.38. The highest BCUT2D eigenvalue weighted by molar-refractivity contribution is 5.77. The lowest BCUT2D eigenvalue weighted by atomic mass is 10.3. The third kappa shape index (κ3) is 2.12. The molecule has 62 valence electrons. The zero-order chi connectivity index (χ0) is 8.27. The van der Waals surface area contributed by atoms with Gasteiger partial charge in [-0.2, -0.15) is 0 Å². The Morgan fingerprint density at radius 1 is 1.82 bits per heavy atom. The van der Waals surface area contributed by atoms with E-state index in [2.05, 4.69) is 16.3 Å². The molecule has 0 aromatic rings. The fourth-order valence-corrected chi connectivity index (χ4v) is 0.809. The lowest BCUT2D eigenvalue weighted by Gasteiger charge is -2.05. The van der Waals surface area contributed by atoms with Crippen LogP contribution in [0.3, 0.4) is 0 Å². The average molecular weight is 156 g/mol. The second kappa shape index (κ2) is 3.25. The molecule has 1 aliphatic heterocycles. The maximum Gasteiger partial charge on any atom is 0.225 e. The summed E-state index contributed by atoms with van der Waals surface area (Å²) in [6, 6.07) is 0. The number of carbonyl (C=O) groups excluding carboxylic acids is 1. The summed E-state index contributed by atoms with van der Waals surface area (Å²) in [5, 5.41) is 4.29. The zero-order valence-corrected chi connectivity index (χ0v) is 6.64. The molecular formula is C6H12N4O. The second-order valence-corrected chi connectivity index (χ2v) is 2.35. The number of hydrazine groups is 2. The van der Waals surface area contributed by atoms with E-state index in [0.717, 1.165) is 5.70 Å². The van der Waals surface area contributed by atoms with Crippen LogP contribution in [0.4, 0.5) is 0 Å². The summed E-state index contributed by atoms with van der Waals surface area (Å²) in [6.45, 7) is 0. The van der Waals surface area contributed by atoms with E-state index >= 15 is 0 Å². The van der Waals surface area contributed by atoms with E-state index in [4.69, 9.17) is 0 Å². The molecule has 0 spiro atoms. The number of hydrogen-bond donors (Lipinski definition) is 3. The minimum absolute atomic E-state index is 0.000787. The molecule has 0 atom stereocenters. The Morgan fingerprint density at radius 2 is 2.55 bits per heavy atom. The van der Waals surface area contributed by atoms with Crippen molar-refractivity contribution >= 4 is 5.91 Å². The fraction of sp³-hybridized carbons (Fsp3) is 0.500. The first-order chi connectivity index (χ1) is 5.22. The Bertz CT molecular complexity index is 189. The highest BCUT2D eigenvalue weighted by Crippen LogP contribution is 2.00. The summed E-state index contributed by atoms with van der Waals surface area (Å²) in [5.74, 6) is 0.000787. The normalized spacial score (nSPS) is 15.8. The highest BCUT2D eigenvalue weighted by atomic mass is 16.1. The summed E-state index contributed by atoms with van der Waals surface area (Å²) in [7, 11) is 3.47. The van der Waals surface area contributed by atoms with Gasteiger partial charge in [0.2, 0.25) is 5.91 Å². The van der Waals surface area contributed by atoms with Crippen molar-refractivity contribution in [3.8, 4) is 0 Å². The number of rotatable bonds is 2. The van der Waals surface area contributed by atoms with E-state index in [-0.39, 0.29) is 5.91 Å². The van der Waals surface area contributed by atoms with Crippen LogP contribution < -0.4 is 16.3 Å². The molecular weight excluding hydrogens is 144 g/mol. The van der Waals surface area contributed by atoms with E-state index in [0.29, 0.717) is 6.42 Å². The van der Waals surface area contributed by atoms with Crippen molar-refractivity contribution in [2.75, 3.05) is 14.1 Å². The van der Waals surface area contributed by atoms with Crippen LogP contribution in [0.25, 0.3) is 0 Å². The summed E-state index contributed by atoms with van der Waals surface area (Å²) in [5.41, 5.74) is 6.52. The van der Waals surface area contributed by atoms with Crippen LogP contribution in [-0.2, 0) is 4.79 Å². The van der Waals surface area contributed by atoms with Crippen molar-refractivity contribution in [3.63, 3.8) is 0 Å². The van der Waals surface area contributed by atoms with Crippen molar-refractivity contribution in [2.24, 2.45) is 0 Å². The van der Waals surface area contributed by atoms with E-state index in [1.807, 2.05) is 13.2 Å². The van der Waals surface area contributed by atoms with E-state index in [1.54, 1.807) is 12.1 Å². The molecule has 1 aliphatic rings. The Hall–Kier alpha value is -1.23. The van der Waals surface area contributed by atoms with Gasteiger partial charge in [0.1, 0.15) is 0 Å². The van der Waals surface area contributed by atoms with Crippen molar-refractivity contribution in [3.05, 3.63) is 11.9 Å². The number of nitrogens with one attached hydrogen (secondary N) is 3. The largest absolute Gasteiger partial charge is 0.359 e. The average Bonchev–Trinajstić information content (AvgIpc) is 2.35. The van der Waals surface area contributed by atoms with Crippen LogP contribution in [0, 0.1) is 0 Å². The predicted octanol–water partition coefficient (Wildman–Crippen LogP) is -1.08. The van der Waals surface area contributed by atoms with Crippen LogP contribution in [0.15, 0.2) is 11.9 Å². The molecule has 0 saturated carbocycles. The van der Waals surface area contributed by atoms with Gasteiger partial charge in [0.05, 0.1) is 12.1 Å². The van der Waals surface area contributed by atoms with Gasteiger partial charge in [-0.15, -0.1) is 5.53 Å². The Labute approximate surface area is 65.4 Å². The molecule has 0 aromatic heterocycles. The molecule has 1 rings (SSSR count). The third-order valence-corrected chi connectivity index (χ3v) is 1.37. The molecule has 0 saturated heterocycles. The Balaban J connectivity index is 2.38. The van der Waals surface area contributed by atoms with Gasteiger partial charge < -0.3 is 10.7 Å². The Morgan fingerprint density at radius 3 is 3.00 bits per heavy atom. The minimum atomic E-state index is 0.000787. The van der Waals surface area contributed by atoms with Gasteiger partial charge in [-0.1, -0.05) is 0 Å². The summed E-state index contributed by atoms with van der Waals surface area (Å²) in [6.07, 6.45) is 2.21. The molecule has 0 radical (unpaired) electrons. The van der Waals surface area contributed by atoms with Gasteiger partial charge >= 0.3 is 0 Å².